The first-order valence-corrected chi connectivity index (χ1v) is 11.4. The molecule has 15 heteroatoms. The molecule has 1 aliphatic rings. The summed E-state index contributed by atoms with van der Waals surface area (Å²) in [5, 5.41) is 29.4. The lowest BCUT2D eigenvalue weighted by atomic mass is 10.2. The molecular weight excluding hydrogens is 502 g/mol. The largest absolute Gasteiger partial charge is 0.474 e. The maximum atomic E-state index is 15.0. The van der Waals surface area contributed by atoms with Gasteiger partial charge in [0, 0.05) is 38.3 Å². The van der Waals surface area contributed by atoms with E-state index in [0.717, 1.165) is 12.1 Å². The molecule has 36 heavy (non-hydrogen) atoms. The molecule has 0 bridgehead atoms. The number of carbonyl (C=O) groups excluding carboxylic acids is 1. The average molecular weight is 531 g/mol. The highest BCUT2D eigenvalue weighted by Crippen LogP contribution is 2.27. The number of rotatable bonds is 9. The van der Waals surface area contributed by atoms with Gasteiger partial charge in [-0.15, -0.1) is 5.10 Å². The zero-order valence-corrected chi connectivity index (χ0v) is 20.8. The molecule has 1 aromatic carbocycles. The van der Waals surface area contributed by atoms with Crippen molar-refractivity contribution in [2.24, 2.45) is 0 Å². The predicted molar refractivity (Wildman–Crippen MR) is 126 cm³/mol. The van der Waals surface area contributed by atoms with Crippen molar-refractivity contribution in [2.45, 2.75) is 38.9 Å². The lowest BCUT2D eigenvalue weighted by Gasteiger charge is -2.37. The predicted octanol–water partition coefficient (Wildman–Crippen LogP) is 1.17. The molecule has 2 heterocycles. The van der Waals surface area contributed by atoms with Gasteiger partial charge in [0.15, 0.2) is 17.4 Å². The van der Waals surface area contributed by atoms with Crippen molar-refractivity contribution in [1.82, 2.24) is 25.2 Å². The Kier molecular flexibility index (Phi) is 9.08. The normalized spacial score (nSPS) is 15.1. The van der Waals surface area contributed by atoms with E-state index in [0.29, 0.717) is 5.69 Å². The van der Waals surface area contributed by atoms with Gasteiger partial charge < -0.3 is 29.7 Å². The van der Waals surface area contributed by atoms with E-state index in [-0.39, 0.29) is 55.7 Å². The number of ether oxygens (including phenoxy) is 2. The fourth-order valence-electron chi connectivity index (χ4n) is 3.60. The second-order valence-electron chi connectivity index (χ2n) is 8.43. The average Bonchev–Trinajstić information content (AvgIpc) is 3.30. The van der Waals surface area contributed by atoms with Gasteiger partial charge in [-0.25, -0.2) is 23.6 Å². The number of anilines is 1. The van der Waals surface area contributed by atoms with Crippen LogP contribution < -0.4 is 10.2 Å². The monoisotopic (exact) mass is 530 g/mol. The summed E-state index contributed by atoms with van der Waals surface area (Å²) in [6, 6.07) is 2.30. The molecule has 0 aliphatic carbocycles. The number of nitrogens with zero attached hydrogens (tertiary/aromatic N) is 5. The Balaban J connectivity index is 1.62. The van der Waals surface area contributed by atoms with E-state index in [2.05, 4.69) is 20.5 Å². The Labute approximate surface area is 211 Å². The summed E-state index contributed by atoms with van der Waals surface area (Å²) in [4.78, 5) is 19.6. The van der Waals surface area contributed by atoms with E-state index >= 15 is 0 Å². The maximum Gasteiger partial charge on any atom is 0.256 e. The number of halogens is 2. The zero-order valence-electron chi connectivity index (χ0n) is 20.0. The van der Waals surface area contributed by atoms with Crippen molar-refractivity contribution in [3.8, 4) is 5.69 Å². The minimum absolute atomic E-state index is 0.150. The molecule has 1 aliphatic heterocycles. The van der Waals surface area contributed by atoms with Gasteiger partial charge in [-0.2, -0.15) is 0 Å². The summed E-state index contributed by atoms with van der Waals surface area (Å²) in [5.41, 5.74) is 0.430. The molecule has 198 valence electrons. The zero-order chi connectivity index (χ0) is 26.5. The number of piperazine rings is 1. The molecule has 1 aromatic heterocycles. The molecule has 0 unspecified atom stereocenters. The molecule has 0 radical (unpaired) electrons. The number of hydrogen-bond acceptors (Lipinski definition) is 10. The highest BCUT2D eigenvalue weighted by Gasteiger charge is 2.29. The Bertz CT molecular complexity index is 1050. The maximum absolute atomic E-state index is 15.0. The third kappa shape index (κ3) is 7.27. The van der Waals surface area contributed by atoms with E-state index in [9.17, 15) is 18.7 Å². The van der Waals surface area contributed by atoms with E-state index in [1.54, 1.807) is 0 Å². The van der Waals surface area contributed by atoms with Crippen molar-refractivity contribution in [3.63, 3.8) is 0 Å². The molecule has 1 atom stereocenters. The Hall–Kier alpha value is -2.98. The van der Waals surface area contributed by atoms with Crippen LogP contribution in [0.3, 0.4) is 0 Å². The lowest BCUT2D eigenvalue weighted by Crippen LogP contribution is -2.50. The fraction of sp³-hybridized carbons (Fsp3) is 0.524. The van der Waals surface area contributed by atoms with Crippen LogP contribution >= 0.6 is 12.2 Å². The second kappa shape index (κ2) is 11.8. The van der Waals surface area contributed by atoms with Crippen molar-refractivity contribution in [3.05, 3.63) is 35.7 Å². The smallest absolute Gasteiger partial charge is 0.256 e. The first-order chi connectivity index (χ1) is 17.0. The quantitative estimate of drug-likeness (QED) is 0.187. The van der Waals surface area contributed by atoms with Gasteiger partial charge in [0.1, 0.15) is 11.4 Å². The molecule has 1 fully saturated rings. The van der Waals surface area contributed by atoms with Gasteiger partial charge in [-0.1, -0.05) is 5.21 Å². The molecular formula is C21H28F2N6O6S. The third-order valence-electron chi connectivity index (χ3n) is 5.23. The summed E-state index contributed by atoms with van der Waals surface area (Å²) < 4.78 is 41.1. The standard InChI is InChI=1S/C21H28F2N6O6S/c1-21(2,31)34-18(35-32)10-17(30)27-4-6-28(7-5-27)19-15(22)8-14(9-16(19)23)29-12-13(25-26-29)11-24-20(36)33-3/h8-9,12,18,31-32H,4-7,10-11H2,1-3H3,(H,24,36)/t18-/m0/s1. The highest BCUT2D eigenvalue weighted by molar-refractivity contribution is 7.80. The Morgan fingerprint density at radius 3 is 2.44 bits per heavy atom. The van der Waals surface area contributed by atoms with Crippen LogP contribution in [0.1, 0.15) is 26.0 Å². The van der Waals surface area contributed by atoms with Crippen LogP contribution in [0.4, 0.5) is 14.5 Å². The molecule has 0 saturated carbocycles. The van der Waals surface area contributed by atoms with Gasteiger partial charge in [0.05, 0.1) is 32.0 Å². The number of benzene rings is 1. The van der Waals surface area contributed by atoms with Crippen LogP contribution in [0.15, 0.2) is 18.3 Å². The van der Waals surface area contributed by atoms with E-state index in [4.69, 9.17) is 26.9 Å². The third-order valence-corrected chi connectivity index (χ3v) is 5.54. The first kappa shape index (κ1) is 27.6. The van der Waals surface area contributed by atoms with Crippen LogP contribution in [0.5, 0.6) is 0 Å². The summed E-state index contributed by atoms with van der Waals surface area (Å²) in [5.74, 6) is -3.59. The number of hydrogen-bond donors (Lipinski definition) is 3. The summed E-state index contributed by atoms with van der Waals surface area (Å²) >= 11 is 4.89. The number of aromatic nitrogens is 3. The number of methoxy groups -OCH3 is 1. The van der Waals surface area contributed by atoms with Crippen LogP contribution in [-0.2, 0) is 25.7 Å². The van der Waals surface area contributed by atoms with E-state index in [1.165, 1.54) is 41.6 Å². The number of thiocarbonyl (C=S) groups is 1. The fourth-order valence-corrected chi connectivity index (χ4v) is 3.67. The van der Waals surface area contributed by atoms with Gasteiger partial charge in [0.2, 0.25) is 12.2 Å². The van der Waals surface area contributed by atoms with Gasteiger partial charge in [-0.3, -0.25) is 4.79 Å². The summed E-state index contributed by atoms with van der Waals surface area (Å²) in [6.45, 7) is 3.60. The number of carbonyl (C=O) groups is 1. The Morgan fingerprint density at radius 2 is 1.89 bits per heavy atom. The van der Waals surface area contributed by atoms with Gasteiger partial charge in [0.25, 0.3) is 5.17 Å². The van der Waals surface area contributed by atoms with Crippen molar-refractivity contribution in [2.75, 3.05) is 38.2 Å². The van der Waals surface area contributed by atoms with E-state index in [1.807, 2.05) is 0 Å². The van der Waals surface area contributed by atoms with Crippen LogP contribution in [0, 0.1) is 11.6 Å². The molecule has 12 nitrogen and oxygen atoms in total. The topological polar surface area (TPSA) is 134 Å². The first-order valence-electron chi connectivity index (χ1n) is 11.0. The molecule has 1 amide bonds. The molecule has 0 spiro atoms. The second-order valence-corrected chi connectivity index (χ2v) is 8.80. The Morgan fingerprint density at radius 1 is 1.25 bits per heavy atom. The van der Waals surface area contributed by atoms with Crippen LogP contribution in [0.25, 0.3) is 5.69 Å². The molecule has 3 N–H and O–H groups in total. The summed E-state index contributed by atoms with van der Waals surface area (Å²) in [7, 11) is 1.42. The number of nitrogens with one attached hydrogen (secondary N) is 1. The number of amides is 1. The minimum atomic E-state index is -1.62. The molecule has 2 aromatic rings. The molecule has 1 saturated heterocycles. The summed E-state index contributed by atoms with van der Waals surface area (Å²) in [6.07, 6.45) is -0.193. The van der Waals surface area contributed by atoms with E-state index < -0.39 is 29.6 Å². The van der Waals surface area contributed by atoms with Crippen molar-refractivity contribution >= 4 is 29.0 Å². The highest BCUT2D eigenvalue weighted by atomic mass is 32.1. The van der Waals surface area contributed by atoms with Crippen molar-refractivity contribution < 1.29 is 38.3 Å². The van der Waals surface area contributed by atoms with Gasteiger partial charge in [-0.05, 0) is 26.1 Å². The van der Waals surface area contributed by atoms with Crippen molar-refractivity contribution in [1.29, 1.82) is 0 Å². The van der Waals surface area contributed by atoms with Gasteiger partial charge >= 0.3 is 0 Å². The van der Waals surface area contributed by atoms with Crippen LogP contribution in [-0.4, -0.2) is 86.7 Å². The van der Waals surface area contributed by atoms with Crippen LogP contribution in [0.2, 0.25) is 0 Å². The molecule has 3 rings (SSSR count). The number of aliphatic hydroxyl groups is 1. The minimum Gasteiger partial charge on any atom is -0.474 e. The lowest BCUT2D eigenvalue weighted by molar-refractivity contribution is -0.385. The SMILES string of the molecule is COC(=S)NCc1cn(-c2cc(F)c(N3CCN(C(=O)C[C@H](OO)OC(C)(C)O)CC3)c(F)c2)nn1.